The minimum absolute atomic E-state index is 0.195. The van der Waals surface area contributed by atoms with Crippen LogP contribution in [0.2, 0.25) is 0 Å². The number of nitrogens with one attached hydrogen (secondary N) is 1. The van der Waals surface area contributed by atoms with Crippen LogP contribution in [0.15, 0.2) is 4.99 Å². The van der Waals surface area contributed by atoms with E-state index in [-0.39, 0.29) is 6.54 Å². The molecule has 9 heteroatoms. The first-order valence-electron chi connectivity index (χ1n) is 7.14. The summed E-state index contributed by atoms with van der Waals surface area (Å²) >= 11 is 1.91. The zero-order valence-corrected chi connectivity index (χ0v) is 13.9. The molecule has 0 aromatic carbocycles. The van der Waals surface area contributed by atoms with Gasteiger partial charge in [-0.3, -0.25) is 9.79 Å². The minimum atomic E-state index is -4.38. The number of alkyl halides is 3. The Morgan fingerprint density at radius 3 is 2.73 bits per heavy atom. The molecule has 1 amide bonds. The summed E-state index contributed by atoms with van der Waals surface area (Å²) in [6.07, 6.45) is -3.34. The smallest absolute Gasteiger partial charge is 0.347 e. The van der Waals surface area contributed by atoms with E-state index < -0.39 is 18.6 Å². The monoisotopic (exact) mass is 340 g/mol. The molecule has 0 bridgehead atoms. The van der Waals surface area contributed by atoms with Gasteiger partial charge in [0.25, 0.3) is 0 Å². The van der Waals surface area contributed by atoms with Crippen LogP contribution < -0.4 is 5.32 Å². The molecular formula is C13H23F3N4OS. The van der Waals surface area contributed by atoms with E-state index >= 15 is 0 Å². The fourth-order valence-electron chi connectivity index (χ4n) is 2.14. The fraction of sp³-hybridized carbons (Fsp3) is 0.846. The predicted molar refractivity (Wildman–Crippen MR) is 83.2 cm³/mol. The molecule has 1 rings (SSSR count). The van der Waals surface area contributed by atoms with Crippen molar-refractivity contribution in [3.05, 3.63) is 0 Å². The third-order valence-corrected chi connectivity index (χ3v) is 4.72. The molecule has 1 heterocycles. The lowest BCUT2D eigenvalue weighted by molar-refractivity contribution is -0.157. The third-order valence-electron chi connectivity index (χ3n) is 3.35. The van der Waals surface area contributed by atoms with E-state index in [9.17, 15) is 18.0 Å². The molecular weight excluding hydrogens is 317 g/mol. The van der Waals surface area contributed by atoms with Crippen molar-refractivity contribution in [1.82, 2.24) is 15.1 Å². The van der Waals surface area contributed by atoms with Crippen LogP contribution in [0.1, 0.15) is 13.3 Å². The molecule has 1 saturated heterocycles. The van der Waals surface area contributed by atoms with Crippen LogP contribution in [0.3, 0.4) is 0 Å². The molecule has 1 aliphatic heterocycles. The maximum absolute atomic E-state index is 12.3. The summed E-state index contributed by atoms with van der Waals surface area (Å²) in [5.41, 5.74) is 0. The molecule has 22 heavy (non-hydrogen) atoms. The lowest BCUT2D eigenvalue weighted by atomic mass is 10.3. The van der Waals surface area contributed by atoms with Crippen LogP contribution >= 0.6 is 11.8 Å². The van der Waals surface area contributed by atoms with Crippen molar-refractivity contribution >= 4 is 23.6 Å². The molecule has 1 N–H and O–H groups in total. The number of halogens is 3. The number of carbonyl (C=O) groups is 1. The maximum atomic E-state index is 12.3. The quantitative estimate of drug-likeness (QED) is 0.621. The second-order valence-electron chi connectivity index (χ2n) is 5.11. The lowest BCUT2D eigenvalue weighted by Crippen LogP contribution is -2.50. The number of aliphatic imine (C=N–C) groups is 1. The van der Waals surface area contributed by atoms with Gasteiger partial charge in [-0.15, -0.1) is 0 Å². The van der Waals surface area contributed by atoms with Crippen molar-refractivity contribution in [3.63, 3.8) is 0 Å². The predicted octanol–water partition coefficient (Wildman–Crippen LogP) is 1.41. The van der Waals surface area contributed by atoms with Crippen molar-refractivity contribution in [2.45, 2.75) is 24.8 Å². The molecule has 0 aromatic rings. The van der Waals surface area contributed by atoms with Crippen LogP contribution in [0.4, 0.5) is 13.2 Å². The molecule has 1 unspecified atom stereocenters. The highest BCUT2D eigenvalue weighted by molar-refractivity contribution is 8.00. The molecule has 0 spiro atoms. The molecule has 0 radical (unpaired) electrons. The van der Waals surface area contributed by atoms with E-state index in [1.54, 1.807) is 7.05 Å². The van der Waals surface area contributed by atoms with Gasteiger partial charge < -0.3 is 15.1 Å². The Morgan fingerprint density at radius 2 is 2.18 bits per heavy atom. The zero-order valence-electron chi connectivity index (χ0n) is 13.1. The Balaban J connectivity index is 2.48. The number of nitrogens with zero attached hydrogens (tertiary/aromatic N) is 3. The van der Waals surface area contributed by atoms with Crippen LogP contribution in [0.5, 0.6) is 0 Å². The summed E-state index contributed by atoms with van der Waals surface area (Å²) in [6, 6.07) is 0. The highest BCUT2D eigenvalue weighted by atomic mass is 32.2. The first-order valence-corrected chi connectivity index (χ1v) is 8.19. The third kappa shape index (κ3) is 6.33. The number of guanidine groups is 1. The average molecular weight is 340 g/mol. The van der Waals surface area contributed by atoms with Crippen LogP contribution in [-0.2, 0) is 4.79 Å². The van der Waals surface area contributed by atoms with E-state index in [1.165, 1.54) is 0 Å². The Kier molecular flexibility index (Phi) is 7.31. The highest BCUT2D eigenvalue weighted by Crippen LogP contribution is 2.21. The number of hydrogen-bond acceptors (Lipinski definition) is 3. The number of rotatable bonds is 4. The zero-order chi connectivity index (χ0) is 16.8. The average Bonchev–Trinajstić information content (AvgIpc) is 2.46. The van der Waals surface area contributed by atoms with Crippen molar-refractivity contribution in [1.29, 1.82) is 0 Å². The summed E-state index contributed by atoms with van der Waals surface area (Å²) in [6.45, 7) is 2.32. The topological polar surface area (TPSA) is 47.9 Å². The number of likely N-dealkylation sites (N-methyl/N-ethyl adjacent to an activating group) is 1. The Hall–Kier alpha value is -1.12. The van der Waals surface area contributed by atoms with Gasteiger partial charge in [-0.2, -0.15) is 24.9 Å². The standard InChI is InChI=1S/C13H23F3N4OS/c1-4-10-8-20(5-6-22-10)12(17-2)18-7-11(21)19(3)9-13(14,15)16/h10H,4-9H2,1-3H3,(H,17,18). The van der Waals surface area contributed by atoms with Crippen LogP contribution in [-0.4, -0.2) is 79.1 Å². The van der Waals surface area contributed by atoms with Gasteiger partial charge in [0.15, 0.2) is 5.96 Å². The molecule has 0 aliphatic carbocycles. The van der Waals surface area contributed by atoms with Crippen molar-refractivity contribution in [2.24, 2.45) is 4.99 Å². The first kappa shape index (κ1) is 18.9. The van der Waals surface area contributed by atoms with Gasteiger partial charge in [0.2, 0.25) is 5.91 Å². The molecule has 128 valence electrons. The first-order chi connectivity index (χ1) is 10.3. The van der Waals surface area contributed by atoms with E-state index in [1.807, 2.05) is 16.7 Å². The Labute approximate surface area is 133 Å². The Morgan fingerprint density at radius 1 is 1.50 bits per heavy atom. The van der Waals surface area contributed by atoms with Gasteiger partial charge >= 0.3 is 6.18 Å². The second kappa shape index (κ2) is 8.50. The summed E-state index contributed by atoms with van der Waals surface area (Å²) in [7, 11) is 2.75. The SMILES string of the molecule is CCC1CN(C(=NC)NCC(=O)N(C)CC(F)(F)F)CCS1. The lowest BCUT2D eigenvalue weighted by Gasteiger charge is -2.34. The normalized spacial score (nSPS) is 20.0. The van der Waals surface area contributed by atoms with Gasteiger partial charge in [0.05, 0.1) is 6.54 Å². The Bertz CT molecular complexity index is 403. The van der Waals surface area contributed by atoms with Gasteiger partial charge in [-0.25, -0.2) is 0 Å². The molecule has 0 saturated carbocycles. The molecule has 5 nitrogen and oxygen atoms in total. The summed E-state index contributed by atoms with van der Waals surface area (Å²) in [4.78, 5) is 18.6. The second-order valence-corrected chi connectivity index (χ2v) is 6.52. The van der Waals surface area contributed by atoms with Crippen molar-refractivity contribution in [2.75, 3.05) is 46.0 Å². The van der Waals surface area contributed by atoms with Crippen LogP contribution in [0.25, 0.3) is 0 Å². The molecule has 1 aliphatic rings. The van der Waals surface area contributed by atoms with Gasteiger partial charge in [0, 0.05) is 38.2 Å². The fourth-order valence-corrected chi connectivity index (χ4v) is 3.32. The highest BCUT2D eigenvalue weighted by Gasteiger charge is 2.31. The largest absolute Gasteiger partial charge is 0.406 e. The number of amides is 1. The van der Waals surface area contributed by atoms with Crippen molar-refractivity contribution in [3.8, 4) is 0 Å². The molecule has 1 atom stereocenters. The van der Waals surface area contributed by atoms with Gasteiger partial charge in [-0.05, 0) is 6.42 Å². The van der Waals surface area contributed by atoms with E-state index in [0.29, 0.717) is 16.1 Å². The summed E-state index contributed by atoms with van der Waals surface area (Å²) < 4.78 is 36.8. The van der Waals surface area contributed by atoms with E-state index in [0.717, 1.165) is 32.3 Å². The summed E-state index contributed by atoms with van der Waals surface area (Å²) in [5.74, 6) is 0.922. The number of carbonyl (C=O) groups excluding carboxylic acids is 1. The molecule has 0 aromatic heterocycles. The number of hydrogen-bond donors (Lipinski definition) is 1. The van der Waals surface area contributed by atoms with Crippen molar-refractivity contribution < 1.29 is 18.0 Å². The number of thioether (sulfide) groups is 1. The summed E-state index contributed by atoms with van der Waals surface area (Å²) in [5, 5.41) is 3.37. The van der Waals surface area contributed by atoms with Crippen LogP contribution in [0, 0.1) is 0 Å². The van der Waals surface area contributed by atoms with Gasteiger partial charge in [0.1, 0.15) is 6.54 Å². The maximum Gasteiger partial charge on any atom is 0.406 e. The minimum Gasteiger partial charge on any atom is -0.347 e. The molecule has 1 fully saturated rings. The van der Waals surface area contributed by atoms with E-state index in [4.69, 9.17) is 0 Å². The van der Waals surface area contributed by atoms with E-state index in [2.05, 4.69) is 17.2 Å². The van der Waals surface area contributed by atoms with Gasteiger partial charge in [-0.1, -0.05) is 6.92 Å².